The minimum Gasteiger partial charge on any atom is -0.310 e. The highest BCUT2D eigenvalue weighted by atomic mass is 127. The van der Waals surface area contributed by atoms with Crippen LogP contribution in [0.3, 0.4) is 0 Å². The molecule has 0 radical (unpaired) electrons. The van der Waals surface area contributed by atoms with Gasteiger partial charge in [-0.3, -0.25) is 4.79 Å². The number of rotatable bonds is 2. The van der Waals surface area contributed by atoms with Crippen LogP contribution >= 0.6 is 22.6 Å². The van der Waals surface area contributed by atoms with Crippen LogP contribution in [0.5, 0.6) is 0 Å². The van der Waals surface area contributed by atoms with E-state index >= 15 is 0 Å². The molecule has 0 bridgehead atoms. The lowest BCUT2D eigenvalue weighted by Gasteiger charge is -2.17. The minimum absolute atomic E-state index is 0.195. The Morgan fingerprint density at radius 3 is 2.63 bits per heavy atom. The normalized spacial score (nSPS) is 19.5. The second-order valence-corrected chi connectivity index (χ2v) is 6.86. The van der Waals surface area contributed by atoms with E-state index in [4.69, 9.17) is 5.26 Å². The van der Waals surface area contributed by atoms with Gasteiger partial charge in [0.25, 0.3) is 0 Å². The van der Waals surface area contributed by atoms with Crippen LogP contribution in [-0.2, 0) is 15.0 Å². The first kappa shape index (κ1) is 14.2. The topological polar surface area (TPSA) is 78.2 Å². The fourth-order valence-corrected chi connectivity index (χ4v) is 3.37. The van der Waals surface area contributed by atoms with E-state index in [2.05, 4.69) is 0 Å². The van der Waals surface area contributed by atoms with Gasteiger partial charge in [0, 0.05) is 16.5 Å². The number of carbonyl (C=O) groups is 1. The van der Waals surface area contributed by atoms with Crippen molar-refractivity contribution in [2.24, 2.45) is 0 Å². The number of hydrogen-bond donors (Lipinski definition) is 0. The summed E-state index contributed by atoms with van der Waals surface area (Å²) in [7, 11) is -4.72. The first-order chi connectivity index (χ1) is 8.82. The molecule has 1 atom stereocenters. The highest BCUT2D eigenvalue weighted by molar-refractivity contribution is 14.1. The highest BCUT2D eigenvalue weighted by Crippen LogP contribution is 2.30. The monoisotopic (exact) mass is 394 g/mol. The molecule has 1 saturated heterocycles. The highest BCUT2D eigenvalue weighted by Gasteiger charge is 2.39. The maximum atomic E-state index is 12.9. The molecule has 1 aliphatic rings. The second kappa shape index (κ2) is 5.05. The van der Waals surface area contributed by atoms with Crippen LogP contribution < -0.4 is 4.90 Å². The summed E-state index contributed by atoms with van der Waals surface area (Å²) in [5.74, 6) is -0.436. The Kier molecular flexibility index (Phi) is 3.78. The predicted octanol–water partition coefficient (Wildman–Crippen LogP) is 1.57. The number of anilines is 1. The van der Waals surface area contributed by atoms with E-state index in [0.29, 0.717) is 14.8 Å². The predicted molar refractivity (Wildman–Crippen MR) is 74.7 cm³/mol. The van der Waals surface area contributed by atoms with E-state index in [-0.39, 0.29) is 13.0 Å². The Balaban J connectivity index is 2.34. The third-order valence-corrected chi connectivity index (χ3v) is 4.83. The summed E-state index contributed by atoms with van der Waals surface area (Å²) in [6, 6.07) is 6.64. The molecule has 0 N–H and O–H groups in total. The lowest BCUT2D eigenvalue weighted by molar-refractivity contribution is -0.117. The number of amides is 1. The van der Waals surface area contributed by atoms with Crippen molar-refractivity contribution in [2.45, 2.75) is 11.7 Å². The number of hydrogen-bond acceptors (Lipinski definition) is 4. The Hall–Kier alpha value is -1.21. The molecule has 1 aromatic carbocycles. The van der Waals surface area contributed by atoms with Crippen molar-refractivity contribution in [3.63, 3.8) is 0 Å². The lowest BCUT2D eigenvalue weighted by atomic mass is 10.2. The molecular weight excluding hydrogens is 386 g/mol. The quantitative estimate of drug-likeness (QED) is 0.564. The van der Waals surface area contributed by atoms with Gasteiger partial charge in [0.2, 0.25) is 5.91 Å². The van der Waals surface area contributed by atoms with Gasteiger partial charge in [-0.05, 0) is 40.8 Å². The zero-order chi connectivity index (χ0) is 14.2. The lowest BCUT2D eigenvalue weighted by Crippen LogP contribution is -2.27. The van der Waals surface area contributed by atoms with Gasteiger partial charge in [-0.25, -0.2) is 0 Å². The van der Waals surface area contributed by atoms with Crippen LogP contribution in [0.2, 0.25) is 0 Å². The molecule has 1 fully saturated rings. The summed E-state index contributed by atoms with van der Waals surface area (Å²) in [4.78, 5) is 13.0. The molecule has 1 aromatic rings. The molecule has 8 heteroatoms. The third kappa shape index (κ3) is 2.87. The molecule has 100 valence electrons. The first-order valence-corrected chi connectivity index (χ1v) is 7.79. The summed E-state index contributed by atoms with van der Waals surface area (Å²) >= 11 is 1.95. The number of halogens is 2. The third-order valence-electron chi connectivity index (χ3n) is 2.86. The van der Waals surface area contributed by atoms with E-state index in [0.717, 1.165) is 0 Å². The SMILES string of the molecule is N#Cc1ccc(N2CC(S(=O)(=O)F)CC2=O)c(I)c1. The number of nitriles is 1. The van der Waals surface area contributed by atoms with Crippen LogP contribution in [0, 0.1) is 14.9 Å². The van der Waals surface area contributed by atoms with Crippen molar-refractivity contribution < 1.29 is 17.1 Å². The molecule has 1 heterocycles. The number of benzene rings is 1. The van der Waals surface area contributed by atoms with Crippen molar-refractivity contribution in [1.29, 1.82) is 5.26 Å². The van der Waals surface area contributed by atoms with Gasteiger partial charge in [-0.2, -0.15) is 13.7 Å². The molecular formula is C11H8FIN2O3S. The molecule has 1 unspecified atom stereocenters. The zero-order valence-electron chi connectivity index (χ0n) is 9.51. The molecule has 0 saturated carbocycles. The van der Waals surface area contributed by atoms with E-state index in [9.17, 15) is 17.1 Å². The Morgan fingerprint density at radius 1 is 1.47 bits per heavy atom. The fourth-order valence-electron chi connectivity index (χ4n) is 1.89. The summed E-state index contributed by atoms with van der Waals surface area (Å²) in [6.45, 7) is -0.195. The summed E-state index contributed by atoms with van der Waals surface area (Å²) < 4.78 is 35.3. The Labute approximate surface area is 123 Å². The van der Waals surface area contributed by atoms with E-state index in [1.807, 2.05) is 28.7 Å². The van der Waals surface area contributed by atoms with Gasteiger partial charge < -0.3 is 4.90 Å². The molecule has 0 aromatic heterocycles. The average Bonchev–Trinajstić information content (AvgIpc) is 2.71. The number of nitrogens with zero attached hydrogens (tertiary/aromatic N) is 2. The van der Waals surface area contributed by atoms with Gasteiger partial charge in [-0.15, -0.1) is 3.89 Å². The molecule has 0 spiro atoms. The molecule has 0 aliphatic carbocycles. The Morgan fingerprint density at radius 2 is 2.16 bits per heavy atom. The number of carbonyl (C=O) groups excluding carboxylic acids is 1. The second-order valence-electron chi connectivity index (χ2n) is 4.08. The van der Waals surface area contributed by atoms with E-state index < -0.39 is 21.4 Å². The van der Waals surface area contributed by atoms with Gasteiger partial charge in [0.15, 0.2) is 0 Å². The van der Waals surface area contributed by atoms with Crippen LogP contribution in [0.25, 0.3) is 0 Å². The first-order valence-electron chi connectivity index (χ1n) is 5.26. The molecule has 2 rings (SSSR count). The largest absolute Gasteiger partial charge is 0.310 e. The van der Waals surface area contributed by atoms with Crippen molar-refractivity contribution in [2.75, 3.05) is 11.4 Å². The molecule has 1 aliphatic heterocycles. The van der Waals surface area contributed by atoms with E-state index in [1.54, 1.807) is 12.1 Å². The van der Waals surface area contributed by atoms with Crippen molar-refractivity contribution in [1.82, 2.24) is 0 Å². The molecule has 1 amide bonds. The smallest absolute Gasteiger partial charge is 0.307 e. The van der Waals surface area contributed by atoms with Gasteiger partial charge in [0.05, 0.1) is 17.3 Å². The average molecular weight is 394 g/mol. The summed E-state index contributed by atoms with van der Waals surface area (Å²) in [5, 5.41) is 7.44. The van der Waals surface area contributed by atoms with Crippen molar-refractivity contribution >= 4 is 44.4 Å². The van der Waals surface area contributed by atoms with Crippen LogP contribution in [-0.4, -0.2) is 26.1 Å². The zero-order valence-corrected chi connectivity index (χ0v) is 12.5. The maximum Gasteiger partial charge on any atom is 0.307 e. The Bertz CT molecular complexity index is 684. The van der Waals surface area contributed by atoms with Gasteiger partial charge >= 0.3 is 10.2 Å². The molecule has 19 heavy (non-hydrogen) atoms. The van der Waals surface area contributed by atoms with Crippen LogP contribution in [0.4, 0.5) is 9.57 Å². The van der Waals surface area contributed by atoms with Gasteiger partial charge in [-0.1, -0.05) is 0 Å². The molecule has 5 nitrogen and oxygen atoms in total. The fraction of sp³-hybridized carbons (Fsp3) is 0.273. The van der Waals surface area contributed by atoms with Gasteiger partial charge in [0.1, 0.15) is 5.25 Å². The van der Waals surface area contributed by atoms with Crippen molar-refractivity contribution in [3.8, 4) is 6.07 Å². The maximum absolute atomic E-state index is 12.9. The summed E-state index contributed by atoms with van der Waals surface area (Å²) in [6.07, 6.45) is -0.352. The van der Waals surface area contributed by atoms with Crippen LogP contribution in [0.1, 0.15) is 12.0 Å². The van der Waals surface area contributed by atoms with E-state index in [1.165, 1.54) is 11.0 Å². The standard InChI is InChI=1S/C11H8FIN2O3S/c12-19(17,18)8-4-11(16)15(6-8)10-2-1-7(5-14)3-9(10)13/h1-3,8H,4,6H2. The summed E-state index contributed by atoms with van der Waals surface area (Å²) in [5.41, 5.74) is 0.935. The van der Waals surface area contributed by atoms with Crippen LogP contribution in [0.15, 0.2) is 18.2 Å². The minimum atomic E-state index is -4.72. The van der Waals surface area contributed by atoms with Crippen molar-refractivity contribution in [3.05, 3.63) is 27.3 Å².